The van der Waals surface area contributed by atoms with E-state index < -0.39 is 0 Å². The minimum atomic E-state index is -0.249. The van der Waals surface area contributed by atoms with Crippen molar-refractivity contribution >= 4 is 44.6 Å². The first-order chi connectivity index (χ1) is 10.0. The number of anilines is 1. The highest BCUT2D eigenvalue weighted by atomic mass is 35.5. The Hall–Kier alpha value is -2.05. The van der Waals surface area contributed by atoms with Crippen molar-refractivity contribution < 1.29 is 9.21 Å². The summed E-state index contributed by atoms with van der Waals surface area (Å²) in [6, 6.07) is 5.39. The van der Waals surface area contributed by atoms with E-state index in [-0.39, 0.29) is 12.5 Å². The van der Waals surface area contributed by atoms with Crippen LogP contribution in [-0.2, 0) is 6.54 Å². The lowest BCUT2D eigenvalue weighted by Crippen LogP contribution is -2.22. The lowest BCUT2D eigenvalue weighted by molar-refractivity contribution is 0.0952. The number of aromatic nitrogens is 1. The third kappa shape index (κ3) is 2.72. The fourth-order valence-corrected chi connectivity index (χ4v) is 3.17. The summed E-state index contributed by atoms with van der Waals surface area (Å²) in [5.74, 6) is 0.916. The maximum absolute atomic E-state index is 12.2. The van der Waals surface area contributed by atoms with Gasteiger partial charge in [-0.2, -0.15) is 0 Å². The van der Waals surface area contributed by atoms with E-state index in [1.54, 1.807) is 25.3 Å². The number of aryl methyl sites for hydroxylation is 1. The number of amides is 1. The molecule has 0 radical (unpaired) electrons. The number of nitrogens with two attached hydrogens (primary N) is 1. The van der Waals surface area contributed by atoms with E-state index in [2.05, 4.69) is 10.3 Å². The normalized spacial score (nSPS) is 11.0. The molecular formula is C14H12ClN3O2S. The van der Waals surface area contributed by atoms with Gasteiger partial charge in [-0.1, -0.05) is 11.6 Å². The first kappa shape index (κ1) is 13.9. The highest BCUT2D eigenvalue weighted by Crippen LogP contribution is 2.35. The molecule has 0 aliphatic heterocycles. The minimum absolute atomic E-state index is 0.223. The van der Waals surface area contributed by atoms with Gasteiger partial charge >= 0.3 is 0 Å². The largest absolute Gasteiger partial charge is 0.444 e. The average Bonchev–Trinajstić information content (AvgIpc) is 3.01. The van der Waals surface area contributed by atoms with E-state index in [0.29, 0.717) is 27.2 Å². The van der Waals surface area contributed by atoms with Gasteiger partial charge in [0.15, 0.2) is 0 Å². The average molecular weight is 322 g/mol. The van der Waals surface area contributed by atoms with Crippen molar-refractivity contribution in [1.29, 1.82) is 0 Å². The van der Waals surface area contributed by atoms with Crippen molar-refractivity contribution in [2.75, 3.05) is 5.73 Å². The molecule has 1 aromatic carbocycles. The molecule has 5 nitrogen and oxygen atoms in total. The van der Waals surface area contributed by atoms with Crippen molar-refractivity contribution in [2.45, 2.75) is 13.5 Å². The number of carbonyl (C=O) groups excluding carboxylic acids is 1. The summed E-state index contributed by atoms with van der Waals surface area (Å²) >= 11 is 7.29. The second kappa shape index (κ2) is 5.38. The molecule has 3 aromatic rings. The van der Waals surface area contributed by atoms with Crippen molar-refractivity contribution in [3.8, 4) is 0 Å². The van der Waals surface area contributed by atoms with E-state index in [4.69, 9.17) is 21.8 Å². The molecule has 0 bridgehead atoms. The SMILES string of the molecule is Cc1cnc(CNC(=O)c2sc3ccc(Cl)cc3c2N)o1. The first-order valence-corrected chi connectivity index (χ1v) is 7.41. The Morgan fingerprint density at radius 3 is 3.05 bits per heavy atom. The summed E-state index contributed by atoms with van der Waals surface area (Å²) in [6.45, 7) is 2.02. The Balaban J connectivity index is 1.82. The zero-order valence-corrected chi connectivity index (χ0v) is 12.7. The number of fused-ring (bicyclic) bond motifs is 1. The number of carbonyl (C=O) groups is 1. The van der Waals surface area contributed by atoms with Crippen molar-refractivity contribution in [3.63, 3.8) is 0 Å². The predicted octanol–water partition coefficient (Wildman–Crippen LogP) is 3.36. The lowest BCUT2D eigenvalue weighted by Gasteiger charge is -2.01. The number of thiophene rings is 1. The van der Waals surface area contributed by atoms with Crippen LogP contribution in [0.3, 0.4) is 0 Å². The van der Waals surface area contributed by atoms with Gasteiger partial charge < -0.3 is 15.5 Å². The van der Waals surface area contributed by atoms with Crippen LogP contribution in [0.15, 0.2) is 28.8 Å². The minimum Gasteiger partial charge on any atom is -0.444 e. The maximum Gasteiger partial charge on any atom is 0.263 e. The summed E-state index contributed by atoms with van der Waals surface area (Å²) in [6.07, 6.45) is 1.61. The van der Waals surface area contributed by atoms with E-state index in [0.717, 1.165) is 10.1 Å². The van der Waals surface area contributed by atoms with Gasteiger partial charge in [-0.05, 0) is 25.1 Å². The molecule has 7 heteroatoms. The molecule has 0 atom stereocenters. The highest BCUT2D eigenvalue weighted by molar-refractivity contribution is 7.21. The van der Waals surface area contributed by atoms with E-state index in [1.165, 1.54) is 11.3 Å². The van der Waals surface area contributed by atoms with Gasteiger partial charge in [0, 0.05) is 15.1 Å². The number of nitrogens with zero attached hydrogens (tertiary/aromatic N) is 1. The van der Waals surface area contributed by atoms with Crippen LogP contribution >= 0.6 is 22.9 Å². The number of rotatable bonds is 3. The van der Waals surface area contributed by atoms with Crippen LogP contribution in [0.4, 0.5) is 5.69 Å². The molecule has 0 unspecified atom stereocenters. The Kier molecular flexibility index (Phi) is 3.57. The standard InChI is InChI=1S/C14H12ClN3O2S/c1-7-5-17-11(20-7)6-18-14(19)13-12(16)9-4-8(15)2-3-10(9)21-13/h2-5H,6,16H2,1H3,(H,18,19). The van der Waals surface area contributed by atoms with Gasteiger partial charge in [-0.15, -0.1) is 11.3 Å². The van der Waals surface area contributed by atoms with Crippen LogP contribution in [0.5, 0.6) is 0 Å². The predicted molar refractivity (Wildman–Crippen MR) is 83.7 cm³/mol. The number of hydrogen-bond acceptors (Lipinski definition) is 5. The third-order valence-corrected chi connectivity index (χ3v) is 4.38. The molecule has 0 spiro atoms. The summed E-state index contributed by atoms with van der Waals surface area (Å²) in [4.78, 5) is 16.7. The van der Waals surface area contributed by atoms with Crippen LogP contribution in [0.2, 0.25) is 5.02 Å². The lowest BCUT2D eigenvalue weighted by atomic mass is 10.2. The van der Waals surface area contributed by atoms with Gasteiger partial charge in [0.25, 0.3) is 5.91 Å². The summed E-state index contributed by atoms with van der Waals surface area (Å²) in [5.41, 5.74) is 6.48. The highest BCUT2D eigenvalue weighted by Gasteiger charge is 2.17. The Morgan fingerprint density at radius 1 is 1.52 bits per heavy atom. The second-order valence-corrected chi connectivity index (χ2v) is 6.02. The van der Waals surface area contributed by atoms with Crippen LogP contribution in [-0.4, -0.2) is 10.9 Å². The summed E-state index contributed by atoms with van der Waals surface area (Å²) in [7, 11) is 0. The fourth-order valence-electron chi connectivity index (χ4n) is 1.98. The van der Waals surface area contributed by atoms with Crippen molar-refractivity contribution in [1.82, 2.24) is 10.3 Å². The number of hydrogen-bond donors (Lipinski definition) is 2. The van der Waals surface area contributed by atoms with Crippen molar-refractivity contribution in [2.24, 2.45) is 0 Å². The maximum atomic E-state index is 12.2. The zero-order chi connectivity index (χ0) is 15.0. The molecule has 2 heterocycles. The quantitative estimate of drug-likeness (QED) is 0.775. The molecule has 21 heavy (non-hydrogen) atoms. The molecule has 0 aliphatic carbocycles. The fraction of sp³-hybridized carbons (Fsp3) is 0.143. The molecule has 1 amide bonds. The Bertz CT molecular complexity index is 825. The Morgan fingerprint density at radius 2 is 2.33 bits per heavy atom. The zero-order valence-electron chi connectivity index (χ0n) is 11.1. The first-order valence-electron chi connectivity index (χ1n) is 6.21. The summed E-state index contributed by atoms with van der Waals surface area (Å²) < 4.78 is 6.23. The summed E-state index contributed by atoms with van der Waals surface area (Å²) in [5, 5.41) is 4.14. The van der Waals surface area contributed by atoms with E-state index >= 15 is 0 Å². The van der Waals surface area contributed by atoms with Gasteiger partial charge in [0.1, 0.15) is 10.6 Å². The molecule has 3 N–H and O–H groups in total. The molecular weight excluding hydrogens is 310 g/mol. The second-order valence-electron chi connectivity index (χ2n) is 4.53. The molecule has 3 rings (SSSR count). The smallest absolute Gasteiger partial charge is 0.263 e. The number of halogens is 1. The van der Waals surface area contributed by atoms with E-state index in [9.17, 15) is 4.79 Å². The number of nitrogen functional groups attached to an aromatic ring is 1. The van der Waals surface area contributed by atoms with Gasteiger partial charge in [-0.25, -0.2) is 4.98 Å². The van der Waals surface area contributed by atoms with Crippen molar-refractivity contribution in [3.05, 3.63) is 45.9 Å². The molecule has 108 valence electrons. The van der Waals surface area contributed by atoms with Gasteiger partial charge in [0.2, 0.25) is 5.89 Å². The third-order valence-electron chi connectivity index (χ3n) is 2.96. The molecule has 2 aromatic heterocycles. The molecule has 0 aliphatic rings. The molecule has 0 fully saturated rings. The van der Waals surface area contributed by atoms with Crippen LogP contribution in [0.25, 0.3) is 10.1 Å². The Labute approximate surface area is 129 Å². The van der Waals surface area contributed by atoms with Gasteiger partial charge in [0.05, 0.1) is 18.4 Å². The topological polar surface area (TPSA) is 81.2 Å². The molecule has 0 saturated carbocycles. The monoisotopic (exact) mass is 321 g/mol. The van der Waals surface area contributed by atoms with Crippen LogP contribution < -0.4 is 11.1 Å². The van der Waals surface area contributed by atoms with E-state index in [1.807, 2.05) is 6.07 Å². The molecule has 0 saturated heterocycles. The van der Waals surface area contributed by atoms with Gasteiger partial charge in [-0.3, -0.25) is 4.79 Å². The van der Waals surface area contributed by atoms with Crippen LogP contribution in [0, 0.1) is 6.92 Å². The number of oxazole rings is 1. The van der Waals surface area contributed by atoms with Crippen LogP contribution in [0.1, 0.15) is 21.3 Å². The number of benzene rings is 1. The number of nitrogens with one attached hydrogen (secondary N) is 1.